The third-order valence-corrected chi connectivity index (χ3v) is 15.6. The summed E-state index contributed by atoms with van der Waals surface area (Å²) in [5, 5.41) is 0. The Labute approximate surface area is 281 Å². The van der Waals surface area contributed by atoms with Crippen molar-refractivity contribution >= 4 is 0 Å². The van der Waals surface area contributed by atoms with Gasteiger partial charge in [0.2, 0.25) is 0 Å². The van der Waals surface area contributed by atoms with E-state index in [4.69, 9.17) is 0 Å². The molecule has 5 heterocycles. The van der Waals surface area contributed by atoms with Gasteiger partial charge < -0.3 is 0 Å². The van der Waals surface area contributed by atoms with Crippen molar-refractivity contribution < 1.29 is 0 Å². The molecule has 0 spiro atoms. The van der Waals surface area contributed by atoms with Gasteiger partial charge in [-0.1, -0.05) is 41.5 Å². The van der Waals surface area contributed by atoms with Crippen molar-refractivity contribution in [3.05, 3.63) is 0 Å². The van der Waals surface area contributed by atoms with Crippen molar-refractivity contribution in [1.82, 2.24) is 14.7 Å². The summed E-state index contributed by atoms with van der Waals surface area (Å²) in [5.41, 5.74) is 2.34. The molecule has 0 aromatic carbocycles. The fourth-order valence-corrected chi connectivity index (χ4v) is 13.1. The van der Waals surface area contributed by atoms with Crippen molar-refractivity contribution in [2.75, 3.05) is 13.1 Å². The van der Waals surface area contributed by atoms with Crippen molar-refractivity contribution in [1.29, 1.82) is 0 Å². The van der Waals surface area contributed by atoms with E-state index in [2.05, 4.69) is 112 Å². The number of hydrogen-bond donors (Lipinski definition) is 0. The number of hydrogen-bond acceptors (Lipinski definition) is 3. The molecular formula is C42H77N3. The molecule has 5 saturated heterocycles. The van der Waals surface area contributed by atoms with Crippen LogP contribution in [0.1, 0.15) is 168 Å². The Morgan fingerprint density at radius 2 is 0.933 bits per heavy atom. The topological polar surface area (TPSA) is 9.72 Å². The van der Waals surface area contributed by atoms with Gasteiger partial charge in [-0.2, -0.15) is 0 Å². The first kappa shape index (κ1) is 34.7. The standard InChI is InChI=1S/C42H77N3/c1-37(2,3)36-28-19-29(36)21-30(20-28)40(10,11)15-17-42(14,31-22-32-24-33(23-31)44(32)38(4,5)6)18-16-41(12,13)43-26-34-25-35(27-43)45(34)39(7,8)9/h28-36H,15-27H2,1-14H3. The normalized spacial score (nSPS) is 39.5. The van der Waals surface area contributed by atoms with Crippen LogP contribution in [0.5, 0.6) is 0 Å². The zero-order chi connectivity index (χ0) is 33.1. The summed E-state index contributed by atoms with van der Waals surface area (Å²) in [6, 6.07) is 3.19. The highest BCUT2D eigenvalue weighted by Crippen LogP contribution is 2.63. The van der Waals surface area contributed by atoms with Crippen LogP contribution in [0, 0.1) is 45.8 Å². The third-order valence-electron chi connectivity index (χ3n) is 15.6. The number of nitrogens with zero attached hydrogens (tertiary/aromatic N) is 3. The monoisotopic (exact) mass is 624 g/mol. The fourth-order valence-electron chi connectivity index (χ4n) is 13.1. The average Bonchev–Trinajstić information content (AvgIpc) is 2.88. The summed E-state index contributed by atoms with van der Waals surface area (Å²) >= 11 is 0. The molecule has 9 fully saturated rings. The van der Waals surface area contributed by atoms with Crippen molar-refractivity contribution in [2.24, 2.45) is 45.8 Å². The lowest BCUT2D eigenvalue weighted by molar-refractivity contribution is -0.145. The van der Waals surface area contributed by atoms with E-state index in [1.165, 1.54) is 83.7 Å². The number of piperidine rings is 2. The van der Waals surface area contributed by atoms with Gasteiger partial charge in [0.15, 0.2) is 0 Å². The Kier molecular flexibility index (Phi) is 8.64. The van der Waals surface area contributed by atoms with E-state index < -0.39 is 0 Å². The molecule has 4 aliphatic carbocycles. The molecule has 260 valence electrons. The van der Waals surface area contributed by atoms with Gasteiger partial charge in [0, 0.05) is 53.9 Å². The van der Waals surface area contributed by atoms with E-state index in [0.29, 0.717) is 32.9 Å². The predicted octanol–water partition coefficient (Wildman–Crippen LogP) is 10.3. The molecule has 45 heavy (non-hydrogen) atoms. The largest absolute Gasteiger partial charge is 0.295 e. The second-order valence-corrected chi connectivity index (χ2v) is 22.6. The molecule has 0 radical (unpaired) electrons. The van der Waals surface area contributed by atoms with Crippen LogP contribution in [-0.4, -0.2) is 68.6 Å². The fraction of sp³-hybridized carbons (Fsp3) is 1.00. The highest BCUT2D eigenvalue weighted by Gasteiger charge is 2.56. The molecule has 7 atom stereocenters. The van der Waals surface area contributed by atoms with Crippen LogP contribution in [-0.2, 0) is 0 Å². The summed E-state index contributed by atoms with van der Waals surface area (Å²) in [6.07, 6.45) is 15.9. The molecule has 0 aromatic heterocycles. The van der Waals surface area contributed by atoms with E-state index in [9.17, 15) is 0 Å². The van der Waals surface area contributed by atoms with Gasteiger partial charge in [-0.05, 0) is 172 Å². The van der Waals surface area contributed by atoms with Crippen LogP contribution in [0.25, 0.3) is 0 Å². The maximum Gasteiger partial charge on any atom is 0.0247 e. The molecule has 4 saturated carbocycles. The lowest BCUT2D eigenvalue weighted by Gasteiger charge is -2.64. The van der Waals surface area contributed by atoms with E-state index in [1.807, 2.05) is 0 Å². The minimum Gasteiger partial charge on any atom is -0.295 e. The number of rotatable bonds is 9. The SMILES string of the molecule is CC(C)(C)C1C2CC1CC(C(C)(C)CCC(C)(CCC(C)(C)N1CC3CC(C1)N3C(C)(C)C)C1CC3CC(C1)N3C(C)(C)C)C2. The molecule has 3 nitrogen and oxygen atoms in total. The van der Waals surface area contributed by atoms with Crippen molar-refractivity contribution in [2.45, 2.75) is 208 Å². The Balaban J connectivity index is 1.13. The molecule has 3 heteroatoms. The van der Waals surface area contributed by atoms with Crippen LogP contribution in [0.3, 0.4) is 0 Å². The van der Waals surface area contributed by atoms with Crippen LogP contribution < -0.4 is 0 Å². The van der Waals surface area contributed by atoms with Gasteiger partial charge in [-0.3, -0.25) is 14.7 Å². The summed E-state index contributed by atoms with van der Waals surface area (Å²) < 4.78 is 0. The summed E-state index contributed by atoms with van der Waals surface area (Å²) in [5.74, 6) is 4.80. The maximum atomic E-state index is 2.91. The van der Waals surface area contributed by atoms with Crippen LogP contribution >= 0.6 is 0 Å². The lowest BCUT2D eigenvalue weighted by Crippen LogP contribution is -2.75. The minimum atomic E-state index is 0.291. The Bertz CT molecular complexity index is 971. The summed E-state index contributed by atoms with van der Waals surface area (Å²) in [4.78, 5) is 8.65. The average molecular weight is 624 g/mol. The van der Waals surface area contributed by atoms with Gasteiger partial charge in [0.1, 0.15) is 0 Å². The van der Waals surface area contributed by atoms with E-state index in [1.54, 1.807) is 0 Å². The molecular weight excluding hydrogens is 546 g/mol. The third kappa shape index (κ3) is 6.37. The van der Waals surface area contributed by atoms with Gasteiger partial charge in [0.25, 0.3) is 0 Å². The van der Waals surface area contributed by atoms with Gasteiger partial charge >= 0.3 is 0 Å². The molecule has 6 bridgehead atoms. The summed E-state index contributed by atoms with van der Waals surface area (Å²) in [7, 11) is 0. The first-order valence-corrected chi connectivity index (χ1v) is 19.8. The Hall–Kier alpha value is -0.120. The lowest BCUT2D eigenvalue weighted by atomic mass is 9.45. The molecule has 9 aliphatic rings. The zero-order valence-electron chi connectivity index (χ0n) is 32.7. The number of fused-ring (bicyclic) bond motifs is 6. The number of piperazine rings is 1. The zero-order valence-corrected chi connectivity index (χ0v) is 32.7. The first-order valence-electron chi connectivity index (χ1n) is 19.8. The molecule has 7 unspecified atom stereocenters. The molecule has 0 amide bonds. The Morgan fingerprint density at radius 3 is 1.42 bits per heavy atom. The van der Waals surface area contributed by atoms with Crippen molar-refractivity contribution in [3.63, 3.8) is 0 Å². The van der Waals surface area contributed by atoms with Crippen LogP contribution in [0.15, 0.2) is 0 Å². The first-order chi connectivity index (χ1) is 20.5. The molecule has 5 aliphatic heterocycles. The molecule has 9 rings (SSSR count). The molecule has 0 N–H and O–H groups in total. The highest BCUT2D eigenvalue weighted by molar-refractivity contribution is 5.10. The second kappa shape index (κ2) is 11.2. The highest BCUT2D eigenvalue weighted by atomic mass is 15.4. The summed E-state index contributed by atoms with van der Waals surface area (Å²) in [6.45, 7) is 38.1. The van der Waals surface area contributed by atoms with Crippen LogP contribution in [0.2, 0.25) is 0 Å². The predicted molar refractivity (Wildman–Crippen MR) is 194 cm³/mol. The van der Waals surface area contributed by atoms with E-state index in [-0.39, 0.29) is 0 Å². The smallest absolute Gasteiger partial charge is 0.0247 e. The quantitative estimate of drug-likeness (QED) is 0.253. The second-order valence-electron chi connectivity index (χ2n) is 22.6. The minimum absolute atomic E-state index is 0.291. The van der Waals surface area contributed by atoms with E-state index >= 15 is 0 Å². The Morgan fingerprint density at radius 1 is 0.467 bits per heavy atom. The van der Waals surface area contributed by atoms with Gasteiger partial charge in [0.05, 0.1) is 0 Å². The molecule has 0 aromatic rings. The van der Waals surface area contributed by atoms with Crippen LogP contribution in [0.4, 0.5) is 0 Å². The van der Waals surface area contributed by atoms with Crippen molar-refractivity contribution in [3.8, 4) is 0 Å². The van der Waals surface area contributed by atoms with E-state index in [0.717, 1.165) is 53.8 Å². The van der Waals surface area contributed by atoms with Gasteiger partial charge in [-0.15, -0.1) is 0 Å². The maximum absolute atomic E-state index is 2.91. The van der Waals surface area contributed by atoms with Gasteiger partial charge in [-0.25, -0.2) is 0 Å².